The van der Waals surface area contributed by atoms with Crippen LogP contribution in [-0.2, 0) is 4.79 Å². The van der Waals surface area contributed by atoms with Crippen molar-refractivity contribution < 1.29 is 18.7 Å². The summed E-state index contributed by atoms with van der Waals surface area (Å²) in [5, 5.41) is 13.0. The highest BCUT2D eigenvalue weighted by molar-refractivity contribution is 5.82. The van der Waals surface area contributed by atoms with Gasteiger partial charge in [-0.2, -0.15) is 0 Å². The molecule has 1 fully saturated rings. The summed E-state index contributed by atoms with van der Waals surface area (Å²) in [4.78, 5) is 14.5. The molecule has 0 aromatic heterocycles. The van der Waals surface area contributed by atoms with Crippen LogP contribution in [0.4, 0.5) is 8.78 Å². The van der Waals surface area contributed by atoms with Gasteiger partial charge in [-0.05, 0) is 57.0 Å². The summed E-state index contributed by atoms with van der Waals surface area (Å²) < 4.78 is 26.2. The first-order valence-electron chi connectivity index (χ1n) is 8.11. The second-order valence-corrected chi connectivity index (χ2v) is 6.11. The van der Waals surface area contributed by atoms with Crippen LogP contribution in [0.5, 0.6) is 0 Å². The number of rotatable bonds is 6. The van der Waals surface area contributed by atoms with E-state index in [1.807, 2.05) is 0 Å². The molecule has 4 nitrogen and oxygen atoms in total. The summed E-state index contributed by atoms with van der Waals surface area (Å²) in [7, 11) is 0. The van der Waals surface area contributed by atoms with Crippen molar-refractivity contribution in [3.63, 3.8) is 0 Å². The minimum Gasteiger partial charge on any atom is -0.386 e. The van der Waals surface area contributed by atoms with E-state index in [0.29, 0.717) is 0 Å². The molecule has 128 valence electrons. The molecule has 2 N–H and O–H groups in total. The van der Waals surface area contributed by atoms with Gasteiger partial charge in [0.2, 0.25) is 5.91 Å². The molecule has 3 atom stereocenters. The molecule has 1 aromatic carbocycles. The maximum absolute atomic E-state index is 13.3. The molecule has 1 aliphatic heterocycles. The lowest BCUT2D eigenvalue weighted by Crippen LogP contribution is -2.47. The maximum Gasteiger partial charge on any atom is 0.237 e. The number of carbonyl (C=O) groups excluding carboxylic acids is 1. The van der Waals surface area contributed by atoms with E-state index in [0.717, 1.165) is 44.5 Å². The molecule has 1 aromatic rings. The molecule has 2 rings (SSSR count). The van der Waals surface area contributed by atoms with Gasteiger partial charge in [0.05, 0.1) is 18.2 Å². The first kappa shape index (κ1) is 17.8. The molecule has 1 saturated heterocycles. The number of aliphatic hydroxyl groups is 1. The lowest BCUT2D eigenvalue weighted by molar-refractivity contribution is -0.126. The Balaban J connectivity index is 1.98. The molecule has 0 aliphatic carbocycles. The van der Waals surface area contributed by atoms with Gasteiger partial charge in [-0.3, -0.25) is 9.69 Å². The van der Waals surface area contributed by atoms with Gasteiger partial charge in [-0.1, -0.05) is 13.0 Å². The lowest BCUT2D eigenvalue weighted by Gasteiger charge is -2.27. The van der Waals surface area contributed by atoms with Crippen molar-refractivity contribution in [2.24, 2.45) is 0 Å². The number of aliphatic hydroxyl groups excluding tert-OH is 1. The zero-order valence-corrected chi connectivity index (χ0v) is 13.6. The Morgan fingerprint density at radius 1 is 1.43 bits per heavy atom. The van der Waals surface area contributed by atoms with Crippen LogP contribution in [0.3, 0.4) is 0 Å². The standard InChI is InChI=1S/C17H24F2N2O2/c1-3-8-21-9-4-5-15(21)17(23)20-11(2)16(22)12-6-7-13(18)14(19)10-12/h6-7,10-11,15-16,22H,3-5,8-9H2,1-2H3,(H,20,23). The third-order valence-corrected chi connectivity index (χ3v) is 4.31. The van der Waals surface area contributed by atoms with E-state index in [1.54, 1.807) is 6.92 Å². The van der Waals surface area contributed by atoms with Crippen molar-refractivity contribution in [1.29, 1.82) is 0 Å². The summed E-state index contributed by atoms with van der Waals surface area (Å²) in [6.07, 6.45) is 1.68. The van der Waals surface area contributed by atoms with Gasteiger partial charge in [0.15, 0.2) is 11.6 Å². The van der Waals surface area contributed by atoms with Crippen molar-refractivity contribution in [2.45, 2.75) is 51.3 Å². The third kappa shape index (κ3) is 4.26. The van der Waals surface area contributed by atoms with Crippen LogP contribution >= 0.6 is 0 Å². The Bertz CT molecular complexity index is 553. The normalized spacial score (nSPS) is 21.2. The Labute approximate surface area is 135 Å². The second-order valence-electron chi connectivity index (χ2n) is 6.11. The number of nitrogens with one attached hydrogen (secondary N) is 1. The van der Waals surface area contributed by atoms with Crippen molar-refractivity contribution in [3.8, 4) is 0 Å². The van der Waals surface area contributed by atoms with Crippen molar-refractivity contribution in [2.75, 3.05) is 13.1 Å². The van der Waals surface area contributed by atoms with E-state index < -0.39 is 23.8 Å². The zero-order chi connectivity index (χ0) is 17.0. The average Bonchev–Trinajstić information content (AvgIpc) is 2.98. The molecule has 23 heavy (non-hydrogen) atoms. The van der Waals surface area contributed by atoms with Gasteiger partial charge in [0.1, 0.15) is 0 Å². The van der Waals surface area contributed by atoms with Gasteiger partial charge in [0.25, 0.3) is 0 Å². The number of hydrogen-bond donors (Lipinski definition) is 2. The number of hydrogen-bond acceptors (Lipinski definition) is 3. The van der Waals surface area contributed by atoms with E-state index in [4.69, 9.17) is 0 Å². The predicted molar refractivity (Wildman–Crippen MR) is 83.8 cm³/mol. The van der Waals surface area contributed by atoms with E-state index in [2.05, 4.69) is 17.1 Å². The van der Waals surface area contributed by atoms with Crippen molar-refractivity contribution >= 4 is 5.91 Å². The minimum atomic E-state index is -1.09. The number of benzene rings is 1. The highest BCUT2D eigenvalue weighted by Crippen LogP contribution is 2.21. The number of likely N-dealkylation sites (tertiary alicyclic amines) is 1. The summed E-state index contributed by atoms with van der Waals surface area (Å²) in [5.74, 6) is -2.09. The minimum absolute atomic E-state index is 0.120. The Hall–Kier alpha value is -1.53. The second kappa shape index (κ2) is 7.84. The maximum atomic E-state index is 13.3. The first-order chi connectivity index (χ1) is 10.9. The number of carbonyl (C=O) groups is 1. The molecule has 1 aliphatic rings. The van der Waals surface area contributed by atoms with Gasteiger partial charge in [-0.15, -0.1) is 0 Å². The van der Waals surface area contributed by atoms with Crippen LogP contribution in [0.2, 0.25) is 0 Å². The summed E-state index contributed by atoms with van der Waals surface area (Å²) in [6.45, 7) is 5.51. The Morgan fingerprint density at radius 2 is 2.17 bits per heavy atom. The van der Waals surface area contributed by atoms with Crippen LogP contribution < -0.4 is 5.32 Å². The molecular weight excluding hydrogens is 302 g/mol. The summed E-state index contributed by atoms with van der Waals surface area (Å²) >= 11 is 0. The molecule has 1 amide bonds. The SMILES string of the molecule is CCCN1CCCC1C(=O)NC(C)C(O)c1ccc(F)c(F)c1. The van der Waals surface area contributed by atoms with Crippen molar-refractivity contribution in [1.82, 2.24) is 10.2 Å². The quantitative estimate of drug-likeness (QED) is 0.844. The van der Waals surface area contributed by atoms with Crippen LogP contribution in [0, 0.1) is 11.6 Å². The molecule has 6 heteroatoms. The highest BCUT2D eigenvalue weighted by atomic mass is 19.2. The zero-order valence-electron chi connectivity index (χ0n) is 13.6. The monoisotopic (exact) mass is 326 g/mol. The average molecular weight is 326 g/mol. The van der Waals surface area contributed by atoms with Gasteiger partial charge in [-0.25, -0.2) is 8.78 Å². The fourth-order valence-electron chi connectivity index (χ4n) is 3.06. The fraction of sp³-hybridized carbons (Fsp3) is 0.588. The van der Waals surface area contributed by atoms with E-state index in [-0.39, 0.29) is 17.5 Å². The van der Waals surface area contributed by atoms with E-state index in [9.17, 15) is 18.7 Å². The van der Waals surface area contributed by atoms with E-state index in [1.165, 1.54) is 6.07 Å². The van der Waals surface area contributed by atoms with Crippen LogP contribution in [0.25, 0.3) is 0 Å². The molecular formula is C17H24F2N2O2. The smallest absolute Gasteiger partial charge is 0.237 e. The molecule has 3 unspecified atom stereocenters. The van der Waals surface area contributed by atoms with Crippen LogP contribution in [0.1, 0.15) is 44.8 Å². The van der Waals surface area contributed by atoms with Crippen LogP contribution in [0.15, 0.2) is 18.2 Å². The molecule has 1 heterocycles. The Morgan fingerprint density at radius 3 is 2.83 bits per heavy atom. The summed E-state index contributed by atoms with van der Waals surface area (Å²) in [6, 6.07) is 2.50. The topological polar surface area (TPSA) is 52.6 Å². The van der Waals surface area contributed by atoms with E-state index >= 15 is 0 Å². The first-order valence-corrected chi connectivity index (χ1v) is 8.11. The molecule has 0 spiro atoms. The highest BCUT2D eigenvalue weighted by Gasteiger charge is 2.31. The summed E-state index contributed by atoms with van der Waals surface area (Å²) in [5.41, 5.74) is 0.244. The molecule has 0 saturated carbocycles. The molecule has 0 bridgehead atoms. The number of nitrogens with zero attached hydrogens (tertiary/aromatic N) is 1. The Kier molecular flexibility index (Phi) is 6.07. The lowest BCUT2D eigenvalue weighted by atomic mass is 10.0. The number of amides is 1. The van der Waals surface area contributed by atoms with Crippen molar-refractivity contribution in [3.05, 3.63) is 35.4 Å². The molecule has 0 radical (unpaired) electrons. The third-order valence-electron chi connectivity index (χ3n) is 4.31. The fourth-order valence-corrected chi connectivity index (χ4v) is 3.06. The van der Waals surface area contributed by atoms with Gasteiger partial charge >= 0.3 is 0 Å². The predicted octanol–water partition coefficient (Wildman–Crippen LogP) is 2.38. The number of halogens is 2. The van der Waals surface area contributed by atoms with Crippen LogP contribution in [-0.4, -0.2) is 41.1 Å². The van der Waals surface area contributed by atoms with Gasteiger partial charge < -0.3 is 10.4 Å². The largest absolute Gasteiger partial charge is 0.386 e. The van der Waals surface area contributed by atoms with Gasteiger partial charge in [0, 0.05) is 0 Å².